The predicted molar refractivity (Wildman–Crippen MR) is 87.8 cm³/mol. The van der Waals surface area contributed by atoms with E-state index >= 15 is 0 Å². The molecule has 0 aromatic heterocycles. The van der Waals surface area contributed by atoms with Crippen LogP contribution in [0.25, 0.3) is 0 Å². The molecule has 0 aromatic rings. The zero-order valence-electron chi connectivity index (χ0n) is 12.8. The molecule has 0 heterocycles. The Kier molecular flexibility index (Phi) is 9.01. The van der Waals surface area contributed by atoms with E-state index in [9.17, 15) is 18.0 Å². The van der Waals surface area contributed by atoms with E-state index < -0.39 is 16.1 Å². The molecule has 1 atom stereocenters. The van der Waals surface area contributed by atoms with E-state index in [1.807, 2.05) is 13.8 Å². The SMILES string of the molecule is CC1(C)CC1C(=O)N/C(=C\CCCCCS(=O)(=O)O)C(=O)O.[NaH]. The van der Waals surface area contributed by atoms with Gasteiger partial charge in [0.2, 0.25) is 5.91 Å². The zero-order chi connectivity index (χ0) is 17.0. The van der Waals surface area contributed by atoms with Gasteiger partial charge >= 0.3 is 35.5 Å². The zero-order valence-corrected chi connectivity index (χ0v) is 13.6. The van der Waals surface area contributed by atoms with E-state index in [4.69, 9.17) is 9.66 Å². The number of nitrogens with one attached hydrogen (secondary N) is 1. The summed E-state index contributed by atoms with van der Waals surface area (Å²) < 4.78 is 29.6. The molecule has 1 amide bonds. The minimum atomic E-state index is -3.94. The summed E-state index contributed by atoms with van der Waals surface area (Å²) >= 11 is 0. The van der Waals surface area contributed by atoms with Gasteiger partial charge in [-0.05, 0) is 31.1 Å². The first-order valence-electron chi connectivity index (χ1n) is 7.22. The fourth-order valence-electron chi connectivity index (χ4n) is 2.18. The number of carboxylic acids is 1. The first-order chi connectivity index (χ1) is 10.0. The molecular weight excluding hydrogens is 333 g/mol. The molecule has 1 rings (SSSR count). The van der Waals surface area contributed by atoms with Crippen LogP contribution >= 0.6 is 0 Å². The molecule has 1 saturated carbocycles. The van der Waals surface area contributed by atoms with E-state index in [1.54, 1.807) is 0 Å². The number of carbonyl (C=O) groups is 2. The van der Waals surface area contributed by atoms with Crippen LogP contribution in [0.2, 0.25) is 0 Å². The van der Waals surface area contributed by atoms with Crippen LogP contribution in [0.1, 0.15) is 46.0 Å². The summed E-state index contributed by atoms with van der Waals surface area (Å²) in [6.45, 7) is 3.91. The predicted octanol–water partition coefficient (Wildman–Crippen LogP) is 0.917. The van der Waals surface area contributed by atoms with Crippen molar-refractivity contribution in [3.63, 3.8) is 0 Å². The molecule has 128 valence electrons. The van der Waals surface area contributed by atoms with Crippen LogP contribution < -0.4 is 5.32 Å². The van der Waals surface area contributed by atoms with Crippen molar-refractivity contribution < 1.29 is 27.7 Å². The van der Waals surface area contributed by atoms with Gasteiger partial charge in [-0.3, -0.25) is 9.35 Å². The van der Waals surface area contributed by atoms with Crippen molar-refractivity contribution >= 4 is 51.6 Å². The van der Waals surface area contributed by atoms with E-state index in [-0.39, 0.29) is 58.2 Å². The second-order valence-corrected chi connectivity index (χ2v) is 7.86. The van der Waals surface area contributed by atoms with Gasteiger partial charge in [-0.2, -0.15) is 8.42 Å². The van der Waals surface area contributed by atoms with Crippen LogP contribution in [0.4, 0.5) is 0 Å². The molecule has 0 bridgehead atoms. The molecule has 7 nitrogen and oxygen atoms in total. The summed E-state index contributed by atoms with van der Waals surface area (Å²) in [5.74, 6) is -1.91. The van der Waals surface area contributed by atoms with Crippen molar-refractivity contribution in [3.05, 3.63) is 11.8 Å². The van der Waals surface area contributed by atoms with Gasteiger partial charge < -0.3 is 10.4 Å². The third kappa shape index (κ3) is 8.85. The number of hydrogen-bond acceptors (Lipinski definition) is 4. The van der Waals surface area contributed by atoms with Crippen molar-refractivity contribution in [2.24, 2.45) is 11.3 Å². The standard InChI is InChI=1S/C14H23NO6S.Na.H/c1-14(2)9-10(14)12(16)15-11(13(17)18)7-5-3-4-6-8-22(19,20)21;;/h7,10H,3-6,8-9H2,1-2H3,(H,15,16)(H,17,18)(H,19,20,21);;/b11-7-;;. The molecule has 1 aliphatic rings. The summed E-state index contributed by atoms with van der Waals surface area (Å²) in [5.41, 5.74) is -0.203. The molecule has 0 radical (unpaired) electrons. The molecule has 0 saturated heterocycles. The Labute approximate surface area is 158 Å². The van der Waals surface area contributed by atoms with Crippen LogP contribution in [0.15, 0.2) is 11.8 Å². The normalized spacial score (nSPS) is 19.6. The van der Waals surface area contributed by atoms with Crippen LogP contribution in [0.3, 0.4) is 0 Å². The van der Waals surface area contributed by atoms with Crippen molar-refractivity contribution in [1.82, 2.24) is 5.32 Å². The first-order valence-corrected chi connectivity index (χ1v) is 8.83. The second kappa shape index (κ2) is 9.17. The van der Waals surface area contributed by atoms with Gasteiger partial charge in [-0.15, -0.1) is 0 Å². The number of amides is 1. The van der Waals surface area contributed by atoms with Crippen LogP contribution in [0.5, 0.6) is 0 Å². The molecule has 3 N–H and O–H groups in total. The van der Waals surface area contributed by atoms with Crippen LogP contribution in [-0.4, -0.2) is 65.3 Å². The average molecular weight is 357 g/mol. The fourth-order valence-corrected chi connectivity index (χ4v) is 2.75. The third-order valence-corrected chi connectivity index (χ3v) is 4.58. The van der Waals surface area contributed by atoms with Gasteiger partial charge in [-0.1, -0.05) is 26.3 Å². The topological polar surface area (TPSA) is 121 Å². The number of carbonyl (C=O) groups excluding carboxylic acids is 1. The Morgan fingerprint density at radius 1 is 1.26 bits per heavy atom. The number of rotatable bonds is 9. The van der Waals surface area contributed by atoms with Crippen LogP contribution in [0, 0.1) is 11.3 Å². The number of unbranched alkanes of at least 4 members (excludes halogenated alkanes) is 3. The van der Waals surface area contributed by atoms with Gasteiger partial charge in [0.05, 0.1) is 5.75 Å². The number of hydrogen-bond donors (Lipinski definition) is 3. The number of carboxylic acid groups (broad SMARTS) is 1. The van der Waals surface area contributed by atoms with Gasteiger partial charge in [0.1, 0.15) is 5.70 Å². The van der Waals surface area contributed by atoms with E-state index in [0.717, 1.165) is 6.42 Å². The summed E-state index contributed by atoms with van der Waals surface area (Å²) in [6, 6.07) is 0. The van der Waals surface area contributed by atoms with Crippen LogP contribution in [-0.2, 0) is 19.7 Å². The van der Waals surface area contributed by atoms with Crippen molar-refractivity contribution in [1.29, 1.82) is 0 Å². The van der Waals surface area contributed by atoms with Crippen molar-refractivity contribution in [2.45, 2.75) is 46.0 Å². The molecule has 1 fully saturated rings. The Morgan fingerprint density at radius 3 is 2.26 bits per heavy atom. The van der Waals surface area contributed by atoms with E-state index in [2.05, 4.69) is 5.32 Å². The van der Waals surface area contributed by atoms with Gasteiger partial charge in [0.15, 0.2) is 0 Å². The van der Waals surface area contributed by atoms with Crippen molar-refractivity contribution in [3.8, 4) is 0 Å². The quantitative estimate of drug-likeness (QED) is 0.244. The molecule has 0 aromatic carbocycles. The maximum absolute atomic E-state index is 11.9. The summed E-state index contributed by atoms with van der Waals surface area (Å²) in [5, 5.41) is 11.5. The molecule has 0 aliphatic heterocycles. The molecule has 23 heavy (non-hydrogen) atoms. The monoisotopic (exact) mass is 357 g/mol. The van der Waals surface area contributed by atoms with Gasteiger partial charge in [-0.25, -0.2) is 4.79 Å². The Bertz CT molecular complexity index is 570. The Balaban J connectivity index is 0.00000484. The van der Waals surface area contributed by atoms with Gasteiger partial charge in [0.25, 0.3) is 10.1 Å². The molecule has 0 spiro atoms. The number of aliphatic carboxylic acids is 1. The maximum atomic E-state index is 11.9. The Hall–Kier alpha value is -0.410. The van der Waals surface area contributed by atoms with Gasteiger partial charge in [0, 0.05) is 5.92 Å². The second-order valence-electron chi connectivity index (χ2n) is 6.29. The number of allylic oxidation sites excluding steroid dienone is 1. The molecular formula is C14H24NNaO6S. The van der Waals surface area contributed by atoms with E-state index in [1.165, 1.54) is 6.08 Å². The first kappa shape index (κ1) is 22.6. The summed E-state index contributed by atoms with van der Waals surface area (Å²) in [6.07, 6.45) is 4.05. The summed E-state index contributed by atoms with van der Waals surface area (Å²) in [7, 11) is -3.94. The fraction of sp³-hybridized carbons (Fsp3) is 0.714. The van der Waals surface area contributed by atoms with E-state index in [0.29, 0.717) is 25.7 Å². The molecule has 9 heteroatoms. The third-order valence-electron chi connectivity index (χ3n) is 3.77. The molecule has 1 unspecified atom stereocenters. The minimum absolute atomic E-state index is 0. The Morgan fingerprint density at radius 2 is 1.83 bits per heavy atom. The van der Waals surface area contributed by atoms with Crippen molar-refractivity contribution in [2.75, 3.05) is 5.75 Å². The summed E-state index contributed by atoms with van der Waals surface area (Å²) in [4.78, 5) is 23.0. The molecule has 1 aliphatic carbocycles. The average Bonchev–Trinajstić information content (AvgIpc) is 2.99.